The van der Waals surface area contributed by atoms with E-state index < -0.39 is 10.8 Å². The molecule has 0 aromatic heterocycles. The molecule has 0 saturated heterocycles. The molecule has 0 atom stereocenters. The van der Waals surface area contributed by atoms with E-state index in [2.05, 4.69) is 325 Å². The van der Waals surface area contributed by atoms with Gasteiger partial charge in [0.1, 0.15) is 11.5 Å². The van der Waals surface area contributed by atoms with Crippen LogP contribution in [0.4, 0.5) is 17.1 Å². The molecule has 0 radical (unpaired) electrons. The summed E-state index contributed by atoms with van der Waals surface area (Å²) in [4.78, 5) is 2.56. The molecule has 0 N–H and O–H groups in total. The van der Waals surface area contributed by atoms with E-state index in [1.165, 1.54) is 94.6 Å². The molecule has 0 bridgehead atoms. The van der Waals surface area contributed by atoms with E-state index in [9.17, 15) is 0 Å². The van der Waals surface area contributed by atoms with Crippen molar-refractivity contribution < 1.29 is 4.74 Å². The van der Waals surface area contributed by atoms with Gasteiger partial charge in [-0.3, -0.25) is 0 Å². The number of benzene rings is 11. The fraction of sp³-hybridized carbons (Fsp3) is 0.214. The quantitative estimate of drug-likeness (QED) is 0.170. The Morgan fingerprint density at radius 1 is 0.256 bits per heavy atom. The number of fused-ring (bicyclic) bond motifs is 19. The maximum absolute atomic E-state index is 7.17. The van der Waals surface area contributed by atoms with E-state index in [-0.39, 0.29) is 21.7 Å². The zero-order valence-electron chi connectivity index (χ0n) is 51.9. The van der Waals surface area contributed by atoms with Crippen molar-refractivity contribution in [3.63, 3.8) is 0 Å². The van der Waals surface area contributed by atoms with Gasteiger partial charge in [0.2, 0.25) is 0 Å². The van der Waals surface area contributed by atoms with Crippen LogP contribution in [0.1, 0.15) is 150 Å². The van der Waals surface area contributed by atoms with Crippen molar-refractivity contribution in [3.8, 4) is 67.1 Å². The summed E-state index contributed by atoms with van der Waals surface area (Å²) in [6.45, 7) is 28.1. The van der Waals surface area contributed by atoms with Crippen LogP contribution in [0, 0.1) is 0 Å². The molecule has 11 aromatic carbocycles. The second-order valence-corrected chi connectivity index (χ2v) is 28.9. The van der Waals surface area contributed by atoms with E-state index in [1.54, 1.807) is 0 Å². The number of rotatable bonds is 5. The van der Waals surface area contributed by atoms with Crippen LogP contribution in [0.3, 0.4) is 0 Å². The predicted octanol–water partition coefficient (Wildman–Crippen LogP) is 22.5. The molecule has 2 spiro atoms. The molecule has 2 heteroatoms. The van der Waals surface area contributed by atoms with E-state index >= 15 is 0 Å². The molecule has 3 aliphatic carbocycles. The highest BCUT2D eigenvalue weighted by atomic mass is 16.5. The van der Waals surface area contributed by atoms with Gasteiger partial charge >= 0.3 is 0 Å². The van der Waals surface area contributed by atoms with Gasteiger partial charge in [0.05, 0.1) is 22.2 Å². The number of para-hydroxylation sites is 3. The van der Waals surface area contributed by atoms with Crippen molar-refractivity contribution in [1.82, 2.24) is 0 Å². The van der Waals surface area contributed by atoms with E-state index in [1.807, 2.05) is 0 Å². The third kappa shape index (κ3) is 7.84. The largest absolute Gasteiger partial charge is 0.457 e. The summed E-state index contributed by atoms with van der Waals surface area (Å²) in [6.07, 6.45) is 0. The first-order chi connectivity index (χ1) is 41.2. The third-order valence-corrected chi connectivity index (χ3v) is 19.6. The van der Waals surface area contributed by atoms with E-state index in [0.29, 0.717) is 0 Å². The Balaban J connectivity index is 1.01. The summed E-state index contributed by atoms with van der Waals surface area (Å²) in [5, 5.41) is 0. The topological polar surface area (TPSA) is 12.5 Å². The zero-order valence-corrected chi connectivity index (χ0v) is 51.9. The van der Waals surface area contributed by atoms with Crippen LogP contribution >= 0.6 is 0 Å². The van der Waals surface area contributed by atoms with Gasteiger partial charge in [-0.2, -0.15) is 0 Å². The van der Waals surface area contributed by atoms with Crippen molar-refractivity contribution in [1.29, 1.82) is 0 Å². The lowest BCUT2D eigenvalue weighted by Gasteiger charge is -2.40. The Labute approximate surface area is 509 Å². The Morgan fingerprint density at radius 3 is 1.10 bits per heavy atom. The minimum atomic E-state index is -0.682. The SMILES string of the molecule is CC(C)(C)c1ccc2c(c1)C1(c3ccccc3Oc3ccc(-c4ccccc4N(c4ccc5c(c4)C4(c6ccccc6-5)c5cc(C(C)(C)C)ccc5-c5ccc(C(C)(C)C)cc54)c4ccccc4-c4ccccc4)cc31)c1cc(C(C)(C)C)ccc1-2. The molecule has 0 fully saturated rings. The molecule has 2 nitrogen and oxygen atoms in total. The van der Waals surface area contributed by atoms with Crippen LogP contribution in [-0.2, 0) is 32.5 Å². The summed E-state index contributed by atoms with van der Waals surface area (Å²) in [6, 6.07) is 90.8. The summed E-state index contributed by atoms with van der Waals surface area (Å²) < 4.78 is 7.17. The third-order valence-electron chi connectivity index (χ3n) is 19.6. The van der Waals surface area contributed by atoms with Crippen LogP contribution in [0.2, 0.25) is 0 Å². The first-order valence-corrected chi connectivity index (χ1v) is 31.0. The lowest BCUT2D eigenvalue weighted by molar-refractivity contribution is 0.436. The normalized spacial score (nSPS) is 14.6. The average molecular weight is 1110 g/mol. The lowest BCUT2D eigenvalue weighted by atomic mass is 9.64. The molecule has 4 aliphatic rings. The number of hydrogen-bond donors (Lipinski definition) is 0. The standard InChI is InChI=1S/C84H75NO/c1-79(2,3)54-35-40-62-63-41-36-55(80(4,5)6)48-70(63)83(69(62)47-54)67-29-19-16-28-61(67)66-44-39-58(51-73(66)83)85(75-31-21-17-26-59(75)52-24-14-13-15-25-52)76-32-22-18-27-60(76)53-34-45-78-74(46-53)84(68-30-20-23-33-77(68)86-78)71-49-56(81(7,8)9)37-42-64(71)65-43-38-57(50-72(65)84)82(10,11)12/h13-51H,1-12H3. The maximum atomic E-state index is 7.17. The molecule has 0 unspecified atom stereocenters. The summed E-state index contributed by atoms with van der Waals surface area (Å²) in [5.41, 5.74) is 29.6. The van der Waals surface area contributed by atoms with Gasteiger partial charge in [0, 0.05) is 27.9 Å². The van der Waals surface area contributed by atoms with Gasteiger partial charge in [-0.15, -0.1) is 0 Å². The highest BCUT2D eigenvalue weighted by molar-refractivity contribution is 6.00. The molecular formula is C84H75NO. The van der Waals surface area contributed by atoms with Crippen LogP contribution in [0.15, 0.2) is 237 Å². The monoisotopic (exact) mass is 1110 g/mol. The van der Waals surface area contributed by atoms with Gasteiger partial charge < -0.3 is 9.64 Å². The first-order valence-electron chi connectivity index (χ1n) is 31.0. The molecule has 1 aliphatic heterocycles. The number of hydrogen-bond acceptors (Lipinski definition) is 2. The lowest BCUT2D eigenvalue weighted by Crippen LogP contribution is -2.33. The van der Waals surface area contributed by atoms with E-state index in [0.717, 1.165) is 56.4 Å². The van der Waals surface area contributed by atoms with Crippen LogP contribution in [0.5, 0.6) is 11.5 Å². The summed E-state index contributed by atoms with van der Waals surface area (Å²) in [7, 11) is 0. The molecular weight excluding hydrogens is 1040 g/mol. The van der Waals surface area contributed by atoms with Gasteiger partial charge in [0.25, 0.3) is 0 Å². The average Bonchev–Trinajstić information content (AvgIpc) is 1.50. The van der Waals surface area contributed by atoms with Gasteiger partial charge in [-0.25, -0.2) is 0 Å². The Kier molecular flexibility index (Phi) is 11.7. The molecule has 422 valence electrons. The number of anilines is 3. The van der Waals surface area contributed by atoms with Crippen molar-refractivity contribution in [2.45, 2.75) is 116 Å². The van der Waals surface area contributed by atoms with Gasteiger partial charge in [0.15, 0.2) is 0 Å². The van der Waals surface area contributed by atoms with Crippen molar-refractivity contribution in [3.05, 3.63) is 303 Å². The molecule has 1 heterocycles. The smallest absolute Gasteiger partial charge is 0.132 e. The van der Waals surface area contributed by atoms with Gasteiger partial charge in [-0.1, -0.05) is 277 Å². The van der Waals surface area contributed by atoms with E-state index in [4.69, 9.17) is 4.74 Å². The Bertz CT molecular complexity index is 4470. The molecule has 0 saturated carbocycles. The Morgan fingerprint density at radius 2 is 0.616 bits per heavy atom. The summed E-state index contributed by atoms with van der Waals surface area (Å²) >= 11 is 0. The van der Waals surface area contributed by atoms with Crippen molar-refractivity contribution in [2.75, 3.05) is 4.90 Å². The number of nitrogens with zero attached hydrogens (tertiary/aromatic N) is 1. The highest BCUT2D eigenvalue weighted by Gasteiger charge is 2.54. The fourth-order valence-corrected chi connectivity index (χ4v) is 15.1. The minimum Gasteiger partial charge on any atom is -0.457 e. The fourth-order valence-electron chi connectivity index (χ4n) is 15.1. The molecule has 11 aromatic rings. The summed E-state index contributed by atoms with van der Waals surface area (Å²) in [5.74, 6) is 1.77. The van der Waals surface area contributed by atoms with Crippen molar-refractivity contribution in [2.24, 2.45) is 0 Å². The highest BCUT2D eigenvalue weighted by Crippen LogP contribution is 2.66. The molecule has 15 rings (SSSR count). The van der Waals surface area contributed by atoms with Crippen molar-refractivity contribution >= 4 is 17.1 Å². The first kappa shape index (κ1) is 53.7. The Hall–Kier alpha value is -8.98. The van der Waals surface area contributed by atoms with Gasteiger partial charge in [-0.05, 0) is 164 Å². The second kappa shape index (κ2) is 18.8. The molecule has 0 amide bonds. The minimum absolute atomic E-state index is 0.0624. The van der Waals surface area contributed by atoms with Crippen LogP contribution in [0.25, 0.3) is 55.6 Å². The molecule has 86 heavy (non-hydrogen) atoms. The predicted molar refractivity (Wildman–Crippen MR) is 360 cm³/mol. The number of ether oxygens (including phenoxy) is 1. The van der Waals surface area contributed by atoms with Crippen LogP contribution in [-0.4, -0.2) is 0 Å². The zero-order chi connectivity index (χ0) is 59.5. The maximum Gasteiger partial charge on any atom is 0.132 e. The second-order valence-electron chi connectivity index (χ2n) is 28.9. The van der Waals surface area contributed by atoms with Crippen LogP contribution < -0.4 is 9.64 Å².